The summed E-state index contributed by atoms with van der Waals surface area (Å²) in [5.74, 6) is -0.746. The molecule has 2 aromatic rings. The molecule has 0 aliphatic carbocycles. The van der Waals surface area contributed by atoms with Crippen LogP contribution in [-0.2, 0) is 21.9 Å². The van der Waals surface area contributed by atoms with Gasteiger partial charge in [0.05, 0.1) is 23.9 Å². The summed E-state index contributed by atoms with van der Waals surface area (Å²) in [6.07, 6.45) is -0.349. The van der Waals surface area contributed by atoms with Crippen molar-refractivity contribution in [1.82, 2.24) is 14.5 Å². The summed E-state index contributed by atoms with van der Waals surface area (Å²) in [5.41, 5.74) is 2.59. The van der Waals surface area contributed by atoms with E-state index < -0.39 is 22.0 Å². The summed E-state index contributed by atoms with van der Waals surface area (Å²) in [6.45, 7) is 7.39. The van der Waals surface area contributed by atoms with E-state index in [2.05, 4.69) is 23.7 Å². The maximum Gasteiger partial charge on any atom is 0.305 e. The molecule has 0 aliphatic rings. The van der Waals surface area contributed by atoms with Crippen molar-refractivity contribution < 1.29 is 18.3 Å². The van der Waals surface area contributed by atoms with Crippen LogP contribution in [0.5, 0.6) is 0 Å². The lowest BCUT2D eigenvalue weighted by molar-refractivity contribution is -0.137. The first kappa shape index (κ1) is 20.1. The fourth-order valence-electron chi connectivity index (χ4n) is 2.90. The Morgan fingerprint density at radius 2 is 1.73 bits per heavy atom. The van der Waals surface area contributed by atoms with Crippen LogP contribution in [0.25, 0.3) is 0 Å². The van der Waals surface area contributed by atoms with Gasteiger partial charge in [0.2, 0.25) is 10.0 Å². The predicted octanol–water partition coefficient (Wildman–Crippen LogP) is 2.65. The largest absolute Gasteiger partial charge is 0.481 e. The lowest BCUT2D eigenvalue weighted by atomic mass is 9.98. The van der Waals surface area contributed by atoms with Crippen molar-refractivity contribution in [2.45, 2.75) is 51.0 Å². The lowest BCUT2D eigenvalue weighted by Gasteiger charge is -2.18. The van der Waals surface area contributed by atoms with E-state index in [0.717, 1.165) is 5.56 Å². The molecule has 1 aromatic heterocycles. The van der Waals surface area contributed by atoms with Crippen LogP contribution >= 0.6 is 0 Å². The van der Waals surface area contributed by atoms with Crippen LogP contribution < -0.4 is 4.72 Å². The Kier molecular flexibility index (Phi) is 5.87. The molecule has 2 rings (SSSR count). The third-order valence-electron chi connectivity index (χ3n) is 4.39. The van der Waals surface area contributed by atoms with Crippen molar-refractivity contribution in [3.63, 3.8) is 0 Å². The van der Waals surface area contributed by atoms with E-state index in [9.17, 15) is 18.3 Å². The number of carboxylic acids is 1. The SMILES string of the molecule is Cc1nn(C)c(C)c1S(=O)(=O)NC(CC(=O)O)c1ccc(C(C)C)cc1. The Morgan fingerprint density at radius 1 is 1.19 bits per heavy atom. The van der Waals surface area contributed by atoms with Crippen LogP contribution in [0.2, 0.25) is 0 Å². The van der Waals surface area contributed by atoms with E-state index in [1.807, 2.05) is 12.1 Å². The summed E-state index contributed by atoms with van der Waals surface area (Å²) >= 11 is 0. The van der Waals surface area contributed by atoms with Gasteiger partial charge in [0.15, 0.2) is 0 Å². The molecule has 1 unspecified atom stereocenters. The first-order valence-electron chi connectivity index (χ1n) is 8.37. The van der Waals surface area contributed by atoms with Crippen LogP contribution in [0.3, 0.4) is 0 Å². The number of carbonyl (C=O) groups is 1. The molecule has 0 radical (unpaired) electrons. The molecular weight excluding hydrogens is 354 g/mol. The maximum atomic E-state index is 12.9. The molecule has 142 valence electrons. The highest BCUT2D eigenvalue weighted by molar-refractivity contribution is 7.89. The average molecular weight is 379 g/mol. The standard InChI is InChI=1S/C18H25N3O4S/c1-11(2)14-6-8-15(9-7-14)16(10-17(22)23)20-26(24,25)18-12(3)19-21(5)13(18)4/h6-9,11,16,20H,10H2,1-5H3,(H,22,23). The maximum absolute atomic E-state index is 12.9. The summed E-state index contributed by atoms with van der Waals surface area (Å²) < 4.78 is 29.8. The average Bonchev–Trinajstić information content (AvgIpc) is 2.79. The number of sulfonamides is 1. The molecule has 1 atom stereocenters. The number of aryl methyl sites for hydroxylation is 2. The second kappa shape index (κ2) is 7.59. The predicted molar refractivity (Wildman–Crippen MR) is 98.5 cm³/mol. The van der Waals surface area contributed by atoms with Gasteiger partial charge in [-0.15, -0.1) is 0 Å². The zero-order chi connectivity index (χ0) is 19.6. The quantitative estimate of drug-likeness (QED) is 0.770. The minimum Gasteiger partial charge on any atom is -0.481 e. The van der Waals surface area contributed by atoms with Crippen molar-refractivity contribution in [3.05, 3.63) is 46.8 Å². The molecule has 8 heteroatoms. The summed E-state index contributed by atoms with van der Waals surface area (Å²) in [6, 6.07) is 6.47. The molecule has 1 heterocycles. The number of carboxylic acid groups (broad SMARTS) is 1. The molecule has 0 spiro atoms. The van der Waals surface area contributed by atoms with Crippen molar-refractivity contribution in [1.29, 1.82) is 0 Å². The van der Waals surface area contributed by atoms with Gasteiger partial charge in [-0.25, -0.2) is 13.1 Å². The number of aliphatic carboxylic acids is 1. The minimum atomic E-state index is -3.92. The van der Waals surface area contributed by atoms with Gasteiger partial charge >= 0.3 is 5.97 Å². The molecule has 0 saturated heterocycles. The van der Waals surface area contributed by atoms with E-state index in [1.165, 1.54) is 4.68 Å². The fourth-order valence-corrected chi connectivity index (χ4v) is 4.57. The molecule has 0 saturated carbocycles. The number of aromatic nitrogens is 2. The number of hydrogen-bond donors (Lipinski definition) is 2. The van der Waals surface area contributed by atoms with Crippen molar-refractivity contribution >= 4 is 16.0 Å². The number of benzene rings is 1. The van der Waals surface area contributed by atoms with Crippen molar-refractivity contribution in [3.8, 4) is 0 Å². The van der Waals surface area contributed by atoms with Gasteiger partial charge in [0.1, 0.15) is 4.90 Å². The van der Waals surface area contributed by atoms with Gasteiger partial charge in [-0.1, -0.05) is 38.1 Å². The third kappa shape index (κ3) is 4.31. The van der Waals surface area contributed by atoms with Crippen LogP contribution in [0.15, 0.2) is 29.2 Å². The highest BCUT2D eigenvalue weighted by Crippen LogP contribution is 2.25. The van der Waals surface area contributed by atoms with Crippen LogP contribution in [0.4, 0.5) is 0 Å². The third-order valence-corrected chi connectivity index (χ3v) is 6.12. The Labute approximate surface area is 154 Å². The van der Waals surface area contributed by atoms with Gasteiger partial charge in [-0.3, -0.25) is 9.48 Å². The van der Waals surface area contributed by atoms with Crippen molar-refractivity contribution in [2.24, 2.45) is 7.05 Å². The number of nitrogens with zero attached hydrogens (tertiary/aromatic N) is 2. The highest BCUT2D eigenvalue weighted by atomic mass is 32.2. The molecule has 2 N–H and O–H groups in total. The Hall–Kier alpha value is -2.19. The smallest absolute Gasteiger partial charge is 0.305 e. The zero-order valence-corrected chi connectivity index (χ0v) is 16.5. The summed E-state index contributed by atoms with van der Waals surface area (Å²) in [7, 11) is -2.25. The Morgan fingerprint density at radius 3 is 2.15 bits per heavy atom. The second-order valence-corrected chi connectivity index (χ2v) is 8.37. The lowest BCUT2D eigenvalue weighted by Crippen LogP contribution is -2.31. The summed E-state index contributed by atoms with van der Waals surface area (Å²) in [5, 5.41) is 13.3. The van der Waals surface area contributed by atoms with Crippen LogP contribution in [0, 0.1) is 13.8 Å². The van der Waals surface area contributed by atoms with Crippen LogP contribution in [-0.4, -0.2) is 29.3 Å². The van der Waals surface area contributed by atoms with Gasteiger partial charge < -0.3 is 5.11 Å². The first-order valence-corrected chi connectivity index (χ1v) is 9.85. The van der Waals surface area contributed by atoms with E-state index in [0.29, 0.717) is 22.9 Å². The molecule has 26 heavy (non-hydrogen) atoms. The second-order valence-electron chi connectivity index (χ2n) is 6.72. The van der Waals surface area contributed by atoms with E-state index in [1.54, 1.807) is 33.0 Å². The molecule has 0 bridgehead atoms. The minimum absolute atomic E-state index is 0.0918. The van der Waals surface area contributed by atoms with E-state index in [4.69, 9.17) is 0 Å². The van der Waals surface area contributed by atoms with Gasteiger partial charge in [0, 0.05) is 7.05 Å². The molecule has 7 nitrogen and oxygen atoms in total. The normalized spacial score (nSPS) is 13.2. The van der Waals surface area contributed by atoms with Gasteiger partial charge in [0.25, 0.3) is 0 Å². The molecule has 1 aromatic carbocycles. The van der Waals surface area contributed by atoms with Gasteiger partial charge in [-0.2, -0.15) is 5.10 Å². The number of rotatable bonds is 7. The van der Waals surface area contributed by atoms with Crippen molar-refractivity contribution in [2.75, 3.05) is 0 Å². The number of nitrogens with one attached hydrogen (secondary N) is 1. The summed E-state index contributed by atoms with van der Waals surface area (Å²) in [4.78, 5) is 11.4. The molecular formula is C18H25N3O4S. The first-order chi connectivity index (χ1) is 12.0. The fraction of sp³-hybridized carbons (Fsp3) is 0.444. The molecule has 0 amide bonds. The van der Waals surface area contributed by atoms with Gasteiger partial charge in [-0.05, 0) is 30.9 Å². The number of hydrogen-bond acceptors (Lipinski definition) is 4. The topological polar surface area (TPSA) is 101 Å². The van der Waals surface area contributed by atoms with E-state index in [-0.39, 0.29) is 11.3 Å². The monoisotopic (exact) mass is 379 g/mol. The highest BCUT2D eigenvalue weighted by Gasteiger charge is 2.28. The molecule has 0 aliphatic heterocycles. The van der Waals surface area contributed by atoms with E-state index >= 15 is 0 Å². The van der Waals surface area contributed by atoms with Crippen LogP contribution in [0.1, 0.15) is 54.7 Å². The zero-order valence-electron chi connectivity index (χ0n) is 15.6. The Balaban J connectivity index is 2.40. The Bertz CT molecular complexity index is 899. The molecule has 0 fully saturated rings.